The van der Waals surface area contributed by atoms with Gasteiger partial charge in [-0.25, -0.2) is 0 Å². The maximum atomic E-state index is 12.1. The normalized spacial score (nSPS) is 10.4. The summed E-state index contributed by atoms with van der Waals surface area (Å²) < 4.78 is 10.4. The highest BCUT2D eigenvalue weighted by Gasteiger charge is 2.16. The Morgan fingerprint density at radius 1 is 1.36 bits per heavy atom. The number of amides is 2. The Morgan fingerprint density at radius 3 is 2.59 bits per heavy atom. The quantitative estimate of drug-likeness (QED) is 0.763. The number of primary amides is 1. The van der Waals surface area contributed by atoms with E-state index in [0.717, 1.165) is 6.42 Å². The van der Waals surface area contributed by atoms with Crippen molar-refractivity contribution in [1.29, 1.82) is 0 Å². The van der Waals surface area contributed by atoms with Crippen LogP contribution in [0.4, 0.5) is 0 Å². The van der Waals surface area contributed by atoms with Crippen LogP contribution < -0.4 is 20.5 Å². The van der Waals surface area contributed by atoms with Gasteiger partial charge in [0, 0.05) is 12.1 Å². The number of nitrogens with two attached hydrogens (primary N) is 1. The lowest BCUT2D eigenvalue weighted by molar-refractivity contribution is -0.119. The average Bonchev–Trinajstić information content (AvgIpc) is 2.44. The molecule has 0 aliphatic carbocycles. The number of methoxy groups -OCH3 is 1. The number of benzene rings is 1. The van der Waals surface area contributed by atoms with E-state index in [-0.39, 0.29) is 29.0 Å². The second-order valence-electron chi connectivity index (χ2n) is 5.18. The summed E-state index contributed by atoms with van der Waals surface area (Å²) in [6, 6.07) is 2.97. The van der Waals surface area contributed by atoms with Crippen molar-refractivity contribution >= 4 is 23.4 Å². The molecule has 0 aliphatic rings. The Kier molecular flexibility index (Phi) is 6.98. The molecule has 0 saturated carbocycles. The summed E-state index contributed by atoms with van der Waals surface area (Å²) in [5, 5.41) is 2.99. The molecule has 0 atom stereocenters. The van der Waals surface area contributed by atoms with Crippen molar-refractivity contribution in [2.24, 2.45) is 11.7 Å². The zero-order chi connectivity index (χ0) is 16.7. The van der Waals surface area contributed by atoms with Gasteiger partial charge in [-0.15, -0.1) is 0 Å². The third-order valence-electron chi connectivity index (χ3n) is 2.86. The van der Waals surface area contributed by atoms with Crippen molar-refractivity contribution in [1.82, 2.24) is 5.32 Å². The van der Waals surface area contributed by atoms with Crippen LogP contribution in [0.5, 0.6) is 11.5 Å². The summed E-state index contributed by atoms with van der Waals surface area (Å²) in [6.45, 7) is 4.42. The number of ether oxygens (including phenoxy) is 2. The highest BCUT2D eigenvalue weighted by atomic mass is 35.5. The maximum Gasteiger partial charge on any atom is 0.255 e. The number of nitrogens with one attached hydrogen (secondary N) is 1. The Balaban J connectivity index is 2.87. The molecule has 7 heteroatoms. The van der Waals surface area contributed by atoms with Gasteiger partial charge in [-0.3, -0.25) is 9.59 Å². The average molecular weight is 329 g/mol. The molecule has 2 amide bonds. The lowest BCUT2D eigenvalue weighted by atomic mass is 10.1. The molecule has 0 aromatic heterocycles. The summed E-state index contributed by atoms with van der Waals surface area (Å²) >= 11 is 6.09. The Bertz CT molecular complexity index is 547. The van der Waals surface area contributed by atoms with Crippen molar-refractivity contribution in [3.05, 3.63) is 22.7 Å². The predicted octanol–water partition coefficient (Wildman–Crippen LogP) is 1.99. The minimum absolute atomic E-state index is 0.176. The molecule has 1 aromatic rings. The molecule has 0 heterocycles. The number of halogens is 1. The predicted molar refractivity (Wildman–Crippen MR) is 84.5 cm³/mol. The van der Waals surface area contributed by atoms with Gasteiger partial charge in [0.25, 0.3) is 11.8 Å². The molecule has 1 rings (SSSR count). The topological polar surface area (TPSA) is 90.7 Å². The summed E-state index contributed by atoms with van der Waals surface area (Å²) in [5.74, 6) is 0.0726. The molecular weight excluding hydrogens is 308 g/mol. The zero-order valence-corrected chi connectivity index (χ0v) is 13.7. The van der Waals surface area contributed by atoms with Gasteiger partial charge in [-0.1, -0.05) is 25.4 Å². The molecule has 0 fully saturated rings. The first kappa shape index (κ1) is 18.1. The first-order valence-corrected chi connectivity index (χ1v) is 7.29. The van der Waals surface area contributed by atoms with Crippen LogP contribution in [0.3, 0.4) is 0 Å². The van der Waals surface area contributed by atoms with Gasteiger partial charge in [-0.2, -0.15) is 0 Å². The Morgan fingerprint density at radius 2 is 2.05 bits per heavy atom. The van der Waals surface area contributed by atoms with E-state index >= 15 is 0 Å². The molecule has 0 spiro atoms. The van der Waals surface area contributed by atoms with Crippen LogP contribution in [0, 0.1) is 5.92 Å². The minimum Gasteiger partial charge on any atom is -0.493 e. The molecule has 0 unspecified atom stereocenters. The van der Waals surface area contributed by atoms with Crippen LogP contribution in [0.25, 0.3) is 0 Å². The van der Waals surface area contributed by atoms with Crippen LogP contribution in [0.15, 0.2) is 12.1 Å². The Hall–Kier alpha value is -1.95. The molecule has 0 bridgehead atoms. The smallest absolute Gasteiger partial charge is 0.255 e. The van der Waals surface area contributed by atoms with Gasteiger partial charge in [0.2, 0.25) is 0 Å². The van der Waals surface area contributed by atoms with Crippen molar-refractivity contribution in [2.75, 3.05) is 20.3 Å². The van der Waals surface area contributed by atoms with Gasteiger partial charge in [0.15, 0.2) is 18.1 Å². The Labute approximate surface area is 134 Å². The number of carbonyl (C=O) groups excluding carboxylic acids is 2. The summed E-state index contributed by atoms with van der Waals surface area (Å²) in [4.78, 5) is 22.9. The number of hydrogen-bond acceptors (Lipinski definition) is 4. The van der Waals surface area contributed by atoms with E-state index in [1.807, 2.05) is 0 Å². The van der Waals surface area contributed by atoms with Crippen molar-refractivity contribution in [2.45, 2.75) is 20.3 Å². The molecule has 0 radical (unpaired) electrons. The molecular formula is C15H21ClN2O4. The minimum atomic E-state index is -0.631. The number of carbonyl (C=O) groups is 2. The van der Waals surface area contributed by atoms with E-state index < -0.39 is 5.91 Å². The third-order valence-corrected chi connectivity index (χ3v) is 3.14. The fraction of sp³-hybridized carbons (Fsp3) is 0.467. The summed E-state index contributed by atoms with van der Waals surface area (Å²) in [7, 11) is 1.42. The third kappa shape index (κ3) is 5.44. The van der Waals surface area contributed by atoms with E-state index in [0.29, 0.717) is 18.0 Å². The SMILES string of the molecule is COc1cc(C(=O)NCCC(C)C)cc(Cl)c1OCC(N)=O. The van der Waals surface area contributed by atoms with Crippen LogP contribution in [-0.2, 0) is 4.79 Å². The number of rotatable bonds is 8. The lowest BCUT2D eigenvalue weighted by Gasteiger charge is -2.13. The van der Waals surface area contributed by atoms with Crippen molar-refractivity contribution in [3.63, 3.8) is 0 Å². The van der Waals surface area contributed by atoms with Gasteiger partial charge in [0.05, 0.1) is 12.1 Å². The molecule has 22 heavy (non-hydrogen) atoms. The van der Waals surface area contributed by atoms with E-state index in [1.165, 1.54) is 19.2 Å². The molecule has 0 saturated heterocycles. The van der Waals surface area contributed by atoms with Crippen LogP contribution in [-0.4, -0.2) is 32.1 Å². The first-order chi connectivity index (χ1) is 10.3. The fourth-order valence-electron chi connectivity index (χ4n) is 1.71. The van der Waals surface area contributed by atoms with Gasteiger partial charge < -0.3 is 20.5 Å². The second kappa shape index (κ2) is 8.48. The van der Waals surface area contributed by atoms with Gasteiger partial charge in [0.1, 0.15) is 0 Å². The zero-order valence-electron chi connectivity index (χ0n) is 12.9. The van der Waals surface area contributed by atoms with Crippen molar-refractivity contribution in [3.8, 4) is 11.5 Å². The molecule has 122 valence electrons. The highest BCUT2D eigenvalue weighted by molar-refractivity contribution is 6.32. The summed E-state index contributed by atoms with van der Waals surface area (Å²) in [6.07, 6.45) is 0.885. The van der Waals surface area contributed by atoms with Gasteiger partial charge in [-0.05, 0) is 24.5 Å². The van der Waals surface area contributed by atoms with Crippen LogP contribution in [0.2, 0.25) is 5.02 Å². The highest BCUT2D eigenvalue weighted by Crippen LogP contribution is 2.36. The number of hydrogen-bond donors (Lipinski definition) is 2. The van der Waals surface area contributed by atoms with Crippen LogP contribution >= 0.6 is 11.6 Å². The van der Waals surface area contributed by atoms with E-state index in [2.05, 4.69) is 19.2 Å². The monoisotopic (exact) mass is 328 g/mol. The van der Waals surface area contributed by atoms with E-state index in [9.17, 15) is 9.59 Å². The van der Waals surface area contributed by atoms with E-state index in [1.54, 1.807) is 0 Å². The molecule has 1 aromatic carbocycles. The molecule has 3 N–H and O–H groups in total. The fourth-order valence-corrected chi connectivity index (χ4v) is 1.98. The summed E-state index contributed by atoms with van der Waals surface area (Å²) in [5.41, 5.74) is 5.39. The second-order valence-corrected chi connectivity index (χ2v) is 5.59. The van der Waals surface area contributed by atoms with Crippen molar-refractivity contribution < 1.29 is 19.1 Å². The van der Waals surface area contributed by atoms with Gasteiger partial charge >= 0.3 is 0 Å². The maximum absolute atomic E-state index is 12.1. The lowest BCUT2D eigenvalue weighted by Crippen LogP contribution is -2.25. The standard InChI is InChI=1S/C15H21ClN2O4/c1-9(2)4-5-18-15(20)10-6-11(16)14(12(7-10)21-3)22-8-13(17)19/h6-7,9H,4-5,8H2,1-3H3,(H2,17,19)(H,18,20). The van der Waals surface area contributed by atoms with Crippen LogP contribution in [0.1, 0.15) is 30.6 Å². The largest absolute Gasteiger partial charge is 0.493 e. The molecule has 6 nitrogen and oxygen atoms in total. The van der Waals surface area contributed by atoms with E-state index in [4.69, 9.17) is 26.8 Å². The first-order valence-electron chi connectivity index (χ1n) is 6.92. The molecule has 0 aliphatic heterocycles.